The molecule has 0 aliphatic rings. The average molecular weight is 340 g/mol. The lowest BCUT2D eigenvalue weighted by molar-refractivity contribution is -0.254. The summed E-state index contributed by atoms with van der Waals surface area (Å²) in [7, 11) is 0. The lowest BCUT2D eigenvalue weighted by Gasteiger charge is -2.18. The highest BCUT2D eigenvalue weighted by atomic mass is 16.5. The van der Waals surface area contributed by atoms with Crippen LogP contribution in [-0.2, 0) is 9.59 Å². The molecule has 1 N–H and O–H groups in total. The monoisotopic (exact) mass is 340 g/mol. The Balaban J connectivity index is 2.27. The van der Waals surface area contributed by atoms with E-state index < -0.39 is 17.9 Å². The molecule has 0 fully saturated rings. The molecule has 2 aromatic rings. The second-order valence-electron chi connectivity index (χ2n) is 5.45. The summed E-state index contributed by atoms with van der Waals surface area (Å²) in [5, 5.41) is 14.0. The van der Waals surface area contributed by atoms with Crippen molar-refractivity contribution in [1.29, 1.82) is 0 Å². The molecule has 2 aromatic carbocycles. The predicted octanol–water partition coefficient (Wildman–Crippen LogP) is 2.11. The molecular weight excluding hydrogens is 322 g/mol. The number of ether oxygens (including phenoxy) is 1. The molecule has 0 saturated heterocycles. The Morgan fingerprint density at radius 1 is 1.12 bits per heavy atom. The van der Waals surface area contributed by atoms with Gasteiger partial charge in [0.05, 0.1) is 17.6 Å². The largest absolute Gasteiger partial charge is 0.545 e. The molecule has 2 rings (SSSR count). The van der Waals surface area contributed by atoms with Crippen LogP contribution in [0.15, 0.2) is 48.5 Å². The first-order chi connectivity index (χ1) is 11.9. The van der Waals surface area contributed by atoms with Gasteiger partial charge in [0, 0.05) is 12.5 Å². The van der Waals surface area contributed by atoms with Gasteiger partial charge in [-0.15, -0.1) is 0 Å². The van der Waals surface area contributed by atoms with Crippen LogP contribution in [0.2, 0.25) is 0 Å². The van der Waals surface area contributed by atoms with Crippen LogP contribution in [0.25, 0.3) is 0 Å². The number of hydrogen-bond donors (Lipinski definition) is 1. The Hall–Kier alpha value is -3.15. The highest BCUT2D eigenvalue weighted by Crippen LogP contribution is 2.25. The third-order valence-corrected chi connectivity index (χ3v) is 3.66. The van der Waals surface area contributed by atoms with Crippen molar-refractivity contribution in [3.8, 4) is 5.75 Å². The molecular formula is C19H18NO5-. The van der Waals surface area contributed by atoms with E-state index >= 15 is 0 Å². The lowest BCUT2D eigenvalue weighted by atomic mass is 9.95. The molecule has 25 heavy (non-hydrogen) atoms. The van der Waals surface area contributed by atoms with E-state index in [9.17, 15) is 19.5 Å². The summed E-state index contributed by atoms with van der Waals surface area (Å²) in [5.74, 6) is -2.71. The van der Waals surface area contributed by atoms with Gasteiger partial charge in [0.2, 0.25) is 5.91 Å². The molecule has 6 nitrogen and oxygen atoms in total. The number of rotatable bonds is 6. The van der Waals surface area contributed by atoms with E-state index in [1.54, 1.807) is 0 Å². The normalized spacial score (nSPS) is 11.4. The van der Waals surface area contributed by atoms with Crippen LogP contribution >= 0.6 is 0 Å². The number of benzene rings is 2. The Kier molecular flexibility index (Phi) is 5.89. The molecule has 0 saturated carbocycles. The molecule has 0 heterocycles. The fraction of sp³-hybridized carbons (Fsp3) is 0.211. The fourth-order valence-electron chi connectivity index (χ4n) is 2.51. The van der Waals surface area contributed by atoms with Crippen molar-refractivity contribution in [1.82, 2.24) is 0 Å². The van der Waals surface area contributed by atoms with Crippen LogP contribution in [0.1, 0.15) is 42.1 Å². The molecule has 6 heteroatoms. The molecule has 0 aromatic heterocycles. The number of carboxylic acid groups (broad SMARTS) is 1. The maximum atomic E-state index is 12.6. The standard InChI is InChI=1S/C19H19NO5/c1-3-15(13-7-5-4-6-8-13)18(22)20-17-10-9-14(25-12(2)21)11-16(17)19(23)24/h4-11,15H,3H2,1-2H3,(H,20,22)(H,23,24)/p-1/t15-/m1/s1. The zero-order valence-corrected chi connectivity index (χ0v) is 13.9. The van der Waals surface area contributed by atoms with Crippen LogP contribution < -0.4 is 15.2 Å². The molecule has 0 aliphatic heterocycles. The number of aromatic carboxylic acids is 1. The first-order valence-electron chi connectivity index (χ1n) is 7.82. The van der Waals surface area contributed by atoms with Gasteiger partial charge in [0.25, 0.3) is 0 Å². The van der Waals surface area contributed by atoms with Crippen LogP contribution in [-0.4, -0.2) is 17.8 Å². The topological polar surface area (TPSA) is 95.5 Å². The third kappa shape index (κ3) is 4.67. The average Bonchev–Trinajstić information content (AvgIpc) is 2.57. The molecule has 0 aliphatic carbocycles. The molecule has 1 atom stereocenters. The predicted molar refractivity (Wildman–Crippen MR) is 90.2 cm³/mol. The van der Waals surface area contributed by atoms with Gasteiger partial charge in [-0.3, -0.25) is 9.59 Å². The van der Waals surface area contributed by atoms with Crippen LogP contribution in [0, 0.1) is 0 Å². The van der Waals surface area contributed by atoms with Crippen LogP contribution in [0.4, 0.5) is 5.69 Å². The smallest absolute Gasteiger partial charge is 0.308 e. The SMILES string of the molecule is CC[C@@H](C(=O)Nc1ccc(OC(C)=O)cc1C(=O)[O-])c1ccccc1. The van der Waals surface area contributed by atoms with E-state index in [4.69, 9.17) is 4.74 Å². The quantitative estimate of drug-likeness (QED) is 0.642. The maximum absolute atomic E-state index is 12.6. The van der Waals surface area contributed by atoms with E-state index in [1.807, 2.05) is 37.3 Å². The highest BCUT2D eigenvalue weighted by molar-refractivity contribution is 6.02. The summed E-state index contributed by atoms with van der Waals surface area (Å²) >= 11 is 0. The number of carbonyl (C=O) groups is 3. The number of anilines is 1. The number of hydrogen-bond acceptors (Lipinski definition) is 5. The number of carbonyl (C=O) groups excluding carboxylic acids is 3. The van der Waals surface area contributed by atoms with Gasteiger partial charge >= 0.3 is 5.97 Å². The van der Waals surface area contributed by atoms with Crippen molar-refractivity contribution in [3.63, 3.8) is 0 Å². The van der Waals surface area contributed by atoms with Gasteiger partial charge in [-0.2, -0.15) is 0 Å². The summed E-state index contributed by atoms with van der Waals surface area (Å²) < 4.78 is 4.86. The number of nitrogens with one attached hydrogen (secondary N) is 1. The Morgan fingerprint density at radius 2 is 1.80 bits per heavy atom. The second-order valence-corrected chi connectivity index (χ2v) is 5.45. The zero-order valence-electron chi connectivity index (χ0n) is 13.9. The summed E-state index contributed by atoms with van der Waals surface area (Å²) in [6.07, 6.45) is 0.558. The van der Waals surface area contributed by atoms with Gasteiger partial charge in [-0.25, -0.2) is 0 Å². The summed E-state index contributed by atoms with van der Waals surface area (Å²) in [6, 6.07) is 13.2. The van der Waals surface area contributed by atoms with E-state index in [0.717, 1.165) is 11.6 Å². The second kappa shape index (κ2) is 8.10. The summed E-state index contributed by atoms with van der Waals surface area (Å²) in [4.78, 5) is 34.9. The van der Waals surface area contributed by atoms with Gasteiger partial charge in [0.1, 0.15) is 5.75 Å². The first kappa shape index (κ1) is 18.2. The molecule has 0 unspecified atom stereocenters. The lowest BCUT2D eigenvalue weighted by Crippen LogP contribution is -2.26. The Bertz CT molecular complexity index is 786. The molecule has 0 spiro atoms. The molecule has 130 valence electrons. The van der Waals surface area contributed by atoms with Crippen molar-refractivity contribution in [3.05, 3.63) is 59.7 Å². The number of esters is 1. The minimum Gasteiger partial charge on any atom is -0.545 e. The van der Waals surface area contributed by atoms with Crippen LogP contribution in [0.5, 0.6) is 5.75 Å². The van der Waals surface area contributed by atoms with Crippen molar-refractivity contribution < 1.29 is 24.2 Å². The van der Waals surface area contributed by atoms with E-state index in [-0.39, 0.29) is 22.9 Å². The van der Waals surface area contributed by atoms with Gasteiger partial charge in [-0.1, -0.05) is 37.3 Å². The van der Waals surface area contributed by atoms with Crippen molar-refractivity contribution in [2.24, 2.45) is 0 Å². The third-order valence-electron chi connectivity index (χ3n) is 3.66. The zero-order chi connectivity index (χ0) is 18.4. The van der Waals surface area contributed by atoms with Crippen molar-refractivity contribution in [2.45, 2.75) is 26.2 Å². The van der Waals surface area contributed by atoms with E-state index in [0.29, 0.717) is 6.42 Å². The number of carboxylic acids is 1. The van der Waals surface area contributed by atoms with E-state index in [1.165, 1.54) is 19.1 Å². The Labute approximate surface area is 145 Å². The first-order valence-corrected chi connectivity index (χ1v) is 7.82. The van der Waals surface area contributed by atoms with E-state index in [2.05, 4.69) is 5.32 Å². The minimum absolute atomic E-state index is 0.0693. The van der Waals surface area contributed by atoms with Gasteiger partial charge in [0.15, 0.2) is 0 Å². The molecule has 0 bridgehead atoms. The maximum Gasteiger partial charge on any atom is 0.308 e. The summed E-state index contributed by atoms with van der Waals surface area (Å²) in [6.45, 7) is 3.08. The minimum atomic E-state index is -1.47. The summed E-state index contributed by atoms with van der Waals surface area (Å²) in [5.41, 5.74) is 0.680. The highest BCUT2D eigenvalue weighted by Gasteiger charge is 2.20. The van der Waals surface area contributed by atoms with Crippen molar-refractivity contribution >= 4 is 23.5 Å². The van der Waals surface area contributed by atoms with Crippen molar-refractivity contribution in [2.75, 3.05) is 5.32 Å². The fourth-order valence-corrected chi connectivity index (χ4v) is 2.51. The van der Waals surface area contributed by atoms with Gasteiger partial charge in [-0.05, 0) is 30.2 Å². The Morgan fingerprint density at radius 3 is 2.36 bits per heavy atom. The van der Waals surface area contributed by atoms with Crippen LogP contribution in [0.3, 0.4) is 0 Å². The molecule has 1 amide bonds. The van der Waals surface area contributed by atoms with Gasteiger partial charge < -0.3 is 20.0 Å². The molecule has 0 radical (unpaired) electrons. The number of amides is 1.